The third kappa shape index (κ3) is 18.7. The molecule has 0 aromatic carbocycles. The third-order valence-corrected chi connectivity index (χ3v) is 17.9. The van der Waals surface area contributed by atoms with Crippen molar-refractivity contribution >= 4 is 21.9 Å². The topological polar surface area (TPSA) is 129 Å². The van der Waals surface area contributed by atoms with Crippen molar-refractivity contribution in [2.45, 2.75) is 218 Å². The van der Waals surface area contributed by atoms with E-state index in [1.807, 2.05) is 0 Å². The summed E-state index contributed by atoms with van der Waals surface area (Å²) >= 11 is 3.51. The molecule has 0 heterocycles. The first-order chi connectivity index (χ1) is 29.7. The van der Waals surface area contributed by atoms with Crippen LogP contribution in [0.3, 0.4) is 0 Å². The van der Waals surface area contributed by atoms with Gasteiger partial charge in [0, 0.05) is 5.33 Å². The molecule has 6 rings (SSSR count). The number of carbonyl (C=O) groups excluding carboxylic acids is 1. The Morgan fingerprint density at radius 2 is 0.935 bits per heavy atom. The van der Waals surface area contributed by atoms with Crippen molar-refractivity contribution in [2.75, 3.05) is 5.33 Å². The normalized spacial score (nSPS) is 34.7. The molecule has 354 valence electrons. The van der Waals surface area contributed by atoms with Gasteiger partial charge in [0.25, 0.3) is 0 Å². The van der Waals surface area contributed by atoms with Crippen LogP contribution < -0.4 is 34.7 Å². The summed E-state index contributed by atoms with van der Waals surface area (Å²) in [4.78, 5) is 23.4. The molecule has 10 heteroatoms. The van der Waals surface area contributed by atoms with Gasteiger partial charge in [0.2, 0.25) is 0 Å². The van der Waals surface area contributed by atoms with Crippen molar-refractivity contribution in [1.29, 1.82) is 0 Å². The molecule has 11 unspecified atom stereocenters. The minimum absolute atomic E-state index is 0. The Labute approximate surface area is 409 Å². The van der Waals surface area contributed by atoms with Gasteiger partial charge >= 0.3 is 29.6 Å². The quantitative estimate of drug-likeness (QED) is 0.0275. The first-order valence-corrected chi connectivity index (χ1v) is 26.7. The van der Waals surface area contributed by atoms with Crippen LogP contribution in [0.1, 0.15) is 200 Å². The number of carboxylic acids is 1. The fourth-order valence-electron chi connectivity index (χ4n) is 13.9. The summed E-state index contributed by atoms with van der Waals surface area (Å²) in [6.07, 6.45) is 40.4. The van der Waals surface area contributed by atoms with Crippen LogP contribution in [0.15, 0.2) is 25.3 Å². The van der Waals surface area contributed by atoms with E-state index in [1.165, 1.54) is 154 Å². The summed E-state index contributed by atoms with van der Waals surface area (Å²) < 4.78 is 0. The minimum Gasteiger partial charge on any atom is -0.545 e. The van der Waals surface area contributed by atoms with Crippen LogP contribution in [-0.2, 0) is 19.5 Å². The van der Waals surface area contributed by atoms with E-state index in [0.717, 1.165) is 96.3 Å². The van der Waals surface area contributed by atoms with Gasteiger partial charge in [-0.05, 0) is 212 Å². The van der Waals surface area contributed by atoms with E-state index in [0.29, 0.717) is 18.3 Å². The number of carbonyl (C=O) groups is 1. The van der Waals surface area contributed by atoms with Gasteiger partial charge in [-0.2, -0.15) is 0 Å². The zero-order valence-corrected chi connectivity index (χ0v) is 43.3. The van der Waals surface area contributed by atoms with Gasteiger partial charge < -0.3 is 9.90 Å². The zero-order chi connectivity index (χ0) is 44.0. The number of hydrogen-bond acceptors (Lipinski definition) is 8. The van der Waals surface area contributed by atoms with Crippen LogP contribution in [0.5, 0.6) is 0 Å². The second-order valence-corrected chi connectivity index (χ2v) is 21.7. The minimum atomic E-state index is -1.23. The van der Waals surface area contributed by atoms with Crippen molar-refractivity contribution in [2.24, 2.45) is 71.0 Å². The Morgan fingerprint density at radius 3 is 1.27 bits per heavy atom. The van der Waals surface area contributed by atoms with Crippen LogP contribution in [-0.4, -0.2) is 45.4 Å². The Balaban J connectivity index is 0.000000296. The summed E-state index contributed by atoms with van der Waals surface area (Å²) in [6.45, 7) is 11.2. The number of alkyl halides is 1. The molecule has 0 radical (unpaired) electrons. The van der Waals surface area contributed by atoms with E-state index < -0.39 is 5.97 Å². The van der Waals surface area contributed by atoms with Crippen LogP contribution >= 0.6 is 15.9 Å². The Hall–Kier alpha value is 0.190. The predicted molar refractivity (Wildman–Crippen MR) is 249 cm³/mol. The smallest absolute Gasteiger partial charge is 0.545 e. The van der Waals surface area contributed by atoms with Crippen LogP contribution in [0, 0.1) is 71.0 Å². The average Bonchev–Trinajstić information content (AvgIpc) is 3.30. The number of halogens is 1. The van der Waals surface area contributed by atoms with Gasteiger partial charge in [0.15, 0.2) is 0 Å². The molecule has 0 saturated heterocycles. The van der Waals surface area contributed by atoms with Crippen LogP contribution in [0.2, 0.25) is 0 Å². The van der Waals surface area contributed by atoms with Gasteiger partial charge in [-0.1, -0.05) is 93.8 Å². The molecular formula is C52H90BrNaO8. The maximum atomic E-state index is 9.52. The van der Waals surface area contributed by atoms with Gasteiger partial charge in [-0.15, -0.1) is 6.58 Å². The summed E-state index contributed by atoms with van der Waals surface area (Å²) in [5.41, 5.74) is 0. The molecule has 0 spiro atoms. The van der Waals surface area contributed by atoms with Crippen LogP contribution in [0.4, 0.5) is 0 Å². The zero-order valence-electron chi connectivity index (χ0n) is 39.7. The molecule has 0 bridgehead atoms. The van der Waals surface area contributed by atoms with Gasteiger partial charge in [0.05, 0.1) is 18.2 Å². The van der Waals surface area contributed by atoms with Crippen molar-refractivity contribution in [3.8, 4) is 0 Å². The fourth-order valence-corrected chi connectivity index (χ4v) is 14.3. The second kappa shape index (κ2) is 32.0. The van der Waals surface area contributed by atoms with Crippen molar-refractivity contribution < 1.29 is 69.9 Å². The van der Waals surface area contributed by atoms with E-state index >= 15 is 0 Å². The van der Waals surface area contributed by atoms with E-state index in [9.17, 15) is 10.5 Å². The maximum absolute atomic E-state index is 9.52. The van der Waals surface area contributed by atoms with Gasteiger partial charge in [0.1, 0.15) is 6.10 Å². The molecule has 6 saturated carbocycles. The first-order valence-electron chi connectivity index (χ1n) is 25.6. The van der Waals surface area contributed by atoms with E-state index in [4.69, 9.17) is 24.9 Å². The summed E-state index contributed by atoms with van der Waals surface area (Å²) in [6, 6.07) is 0. The Bertz CT molecular complexity index is 1190. The summed E-state index contributed by atoms with van der Waals surface area (Å²) in [5, 5.41) is 37.9. The molecule has 62 heavy (non-hydrogen) atoms. The second-order valence-electron chi connectivity index (χ2n) is 20.9. The fraction of sp³-hybridized carbons (Fsp3) is 0.904. The molecule has 0 amide bonds. The average molecular weight is 946 g/mol. The molecule has 3 N–H and O–H groups in total. The number of carboxylic acid groups (broad SMARTS) is 1. The molecule has 6 aliphatic rings. The number of fused-ring (bicyclic) bond motifs is 2. The molecule has 0 aliphatic heterocycles. The Morgan fingerprint density at radius 1 is 0.581 bits per heavy atom. The number of aliphatic carboxylic acids is 1. The van der Waals surface area contributed by atoms with Crippen molar-refractivity contribution in [3.63, 3.8) is 0 Å². The largest absolute Gasteiger partial charge is 1.00 e. The molecule has 6 aliphatic carbocycles. The summed E-state index contributed by atoms with van der Waals surface area (Å²) in [5.74, 6) is 9.51. The van der Waals surface area contributed by atoms with Gasteiger partial charge in [-0.25, -0.2) is 14.7 Å². The van der Waals surface area contributed by atoms with Gasteiger partial charge in [-0.3, -0.25) is 15.8 Å². The molecular weight excluding hydrogens is 855 g/mol. The molecule has 6 fully saturated rings. The molecule has 11 atom stereocenters. The first kappa shape index (κ1) is 56.5. The van der Waals surface area contributed by atoms with E-state index in [1.54, 1.807) is 6.08 Å². The molecule has 0 aromatic rings. The Kier molecular flexibility index (Phi) is 29.2. The monoisotopic (exact) mass is 945 g/mol. The van der Waals surface area contributed by atoms with Crippen molar-refractivity contribution in [1.82, 2.24) is 0 Å². The molecule has 8 nitrogen and oxygen atoms in total. The molecule has 0 aromatic heterocycles. The maximum Gasteiger partial charge on any atom is 1.00 e. The van der Waals surface area contributed by atoms with Crippen LogP contribution in [0.25, 0.3) is 0 Å². The third-order valence-electron chi connectivity index (χ3n) is 17.4. The van der Waals surface area contributed by atoms with E-state index in [-0.39, 0.29) is 47.9 Å². The van der Waals surface area contributed by atoms with E-state index in [2.05, 4.69) is 47.8 Å². The predicted octanol–water partition coefficient (Wildman–Crippen LogP) is 10.9. The summed E-state index contributed by atoms with van der Waals surface area (Å²) in [7, 11) is 0. The number of hydrogen-bond donors (Lipinski definition) is 3. The van der Waals surface area contributed by atoms with Crippen molar-refractivity contribution in [3.05, 3.63) is 25.3 Å². The number of rotatable bonds is 20. The standard InChI is InChI=1S/C26H46O4.C23H41BrO2.C3H4O2.Na/c1-3-6-19-9-11-20(12-10-19)21-13-14-23-18-24(16-15-22(23)17-21)26(30-28)8-5-7-25(4-2)29-27;1-2-4-17-6-8-18(9-7-17)19-10-11-21-16-22(13-12-20(21)15-19)23(26-25)5-3-14-24;1-2-3(4)5;/h4,19-28H,2-3,5-18H2,1H3;17-23,25H,2-16H2,1H3;2H,1H2,(H,4,5);/q;;;+1/p-1. The SMILES string of the molecule is C=CC(=O)[O-].C=CC(CCCC(OO)C1CCC2CC(C3CCC(CCC)CC3)CCC2C1)OO.CCCC1CCC(C2CCC3CC(C(CCCBr)OO)CCC3C2)CC1.[Na+].